The van der Waals surface area contributed by atoms with Crippen LogP contribution in [0, 0.1) is 0 Å². The van der Waals surface area contributed by atoms with Crippen LogP contribution >= 0.6 is 11.8 Å². The van der Waals surface area contributed by atoms with Gasteiger partial charge in [-0.25, -0.2) is 9.89 Å². The van der Waals surface area contributed by atoms with E-state index in [4.69, 9.17) is 0 Å². The van der Waals surface area contributed by atoms with Gasteiger partial charge in [-0.1, -0.05) is 11.8 Å². The summed E-state index contributed by atoms with van der Waals surface area (Å²) >= 11 is 1.62. The van der Waals surface area contributed by atoms with E-state index in [1.165, 1.54) is 12.8 Å². The first-order valence-electron chi connectivity index (χ1n) is 5.71. The SMILES string of the molecule is CC(C)n1c(SCCNC2CC2)n[nH]c1=O. The molecule has 2 rings (SSSR count). The number of aromatic nitrogens is 3. The van der Waals surface area contributed by atoms with Gasteiger partial charge >= 0.3 is 5.69 Å². The molecule has 0 saturated heterocycles. The lowest BCUT2D eigenvalue weighted by atomic mass is 10.4. The number of nitrogens with zero attached hydrogens (tertiary/aromatic N) is 2. The van der Waals surface area contributed by atoms with Gasteiger partial charge in [0.2, 0.25) is 0 Å². The van der Waals surface area contributed by atoms with Gasteiger partial charge in [0.15, 0.2) is 5.16 Å². The molecule has 1 aliphatic carbocycles. The van der Waals surface area contributed by atoms with Crippen LogP contribution in [0.4, 0.5) is 0 Å². The predicted molar refractivity (Wildman–Crippen MR) is 65.0 cm³/mol. The van der Waals surface area contributed by atoms with Crippen molar-refractivity contribution >= 4 is 11.8 Å². The van der Waals surface area contributed by atoms with Gasteiger partial charge < -0.3 is 5.32 Å². The molecule has 6 heteroatoms. The van der Waals surface area contributed by atoms with Gasteiger partial charge in [-0.2, -0.15) is 0 Å². The van der Waals surface area contributed by atoms with Crippen molar-refractivity contribution in [2.45, 2.75) is 43.9 Å². The second-order valence-corrected chi connectivity index (χ2v) is 5.41. The highest BCUT2D eigenvalue weighted by Gasteiger charge is 2.19. The van der Waals surface area contributed by atoms with Crippen LogP contribution in [0.2, 0.25) is 0 Å². The smallest absolute Gasteiger partial charge is 0.313 e. The van der Waals surface area contributed by atoms with Crippen molar-refractivity contribution in [1.29, 1.82) is 0 Å². The van der Waals surface area contributed by atoms with Gasteiger partial charge in [0, 0.05) is 24.4 Å². The van der Waals surface area contributed by atoms with E-state index in [2.05, 4.69) is 15.5 Å². The van der Waals surface area contributed by atoms with Gasteiger partial charge in [0.25, 0.3) is 0 Å². The third kappa shape index (κ3) is 2.89. The summed E-state index contributed by atoms with van der Waals surface area (Å²) in [5.74, 6) is 0.952. The highest BCUT2D eigenvalue weighted by Crippen LogP contribution is 2.19. The zero-order valence-corrected chi connectivity index (χ0v) is 10.5. The Bertz CT molecular complexity index is 394. The zero-order valence-electron chi connectivity index (χ0n) is 9.69. The van der Waals surface area contributed by atoms with Crippen LogP contribution in [0.5, 0.6) is 0 Å². The minimum atomic E-state index is -0.118. The van der Waals surface area contributed by atoms with E-state index >= 15 is 0 Å². The number of aromatic amines is 1. The second kappa shape index (κ2) is 5.05. The monoisotopic (exact) mass is 242 g/mol. The fraction of sp³-hybridized carbons (Fsp3) is 0.800. The van der Waals surface area contributed by atoms with Gasteiger partial charge in [-0.3, -0.25) is 4.57 Å². The molecule has 0 amide bonds. The van der Waals surface area contributed by atoms with Crippen LogP contribution in [0.15, 0.2) is 9.95 Å². The van der Waals surface area contributed by atoms with Crippen LogP contribution in [0.3, 0.4) is 0 Å². The second-order valence-electron chi connectivity index (χ2n) is 4.35. The Balaban J connectivity index is 1.85. The molecule has 1 heterocycles. The van der Waals surface area contributed by atoms with Gasteiger partial charge in [-0.15, -0.1) is 5.10 Å². The molecule has 0 atom stereocenters. The predicted octanol–water partition coefficient (Wildman–Crippen LogP) is 0.996. The van der Waals surface area contributed by atoms with Crippen molar-refractivity contribution in [3.05, 3.63) is 10.5 Å². The van der Waals surface area contributed by atoms with Crippen LogP contribution in [-0.2, 0) is 0 Å². The number of rotatable bonds is 6. The molecule has 1 fully saturated rings. The quantitative estimate of drug-likeness (QED) is 0.577. The Morgan fingerprint density at radius 1 is 1.62 bits per heavy atom. The van der Waals surface area contributed by atoms with E-state index in [1.807, 2.05) is 13.8 Å². The maximum absolute atomic E-state index is 11.4. The van der Waals surface area contributed by atoms with Crippen molar-refractivity contribution in [3.8, 4) is 0 Å². The molecule has 1 aromatic heterocycles. The fourth-order valence-corrected chi connectivity index (χ4v) is 2.49. The lowest BCUT2D eigenvalue weighted by molar-refractivity contribution is 0.534. The van der Waals surface area contributed by atoms with E-state index in [-0.39, 0.29) is 11.7 Å². The van der Waals surface area contributed by atoms with Crippen LogP contribution in [-0.4, -0.2) is 33.1 Å². The molecule has 0 aromatic carbocycles. The number of hydrogen-bond acceptors (Lipinski definition) is 4. The highest BCUT2D eigenvalue weighted by atomic mass is 32.2. The summed E-state index contributed by atoms with van der Waals surface area (Å²) in [6, 6.07) is 0.900. The van der Waals surface area contributed by atoms with Gasteiger partial charge in [0.05, 0.1) is 0 Å². The number of H-pyrrole nitrogens is 1. The Labute approximate surface area is 99.0 Å². The third-order valence-electron chi connectivity index (χ3n) is 2.53. The van der Waals surface area contributed by atoms with Crippen molar-refractivity contribution < 1.29 is 0 Å². The maximum Gasteiger partial charge on any atom is 0.344 e. The van der Waals surface area contributed by atoms with Crippen molar-refractivity contribution in [2.75, 3.05) is 12.3 Å². The molecule has 90 valence electrons. The third-order valence-corrected chi connectivity index (χ3v) is 3.49. The maximum atomic E-state index is 11.4. The zero-order chi connectivity index (χ0) is 11.5. The molecular weight excluding hydrogens is 224 g/mol. The Morgan fingerprint density at radius 3 is 3.00 bits per heavy atom. The molecule has 1 aliphatic rings. The summed E-state index contributed by atoms with van der Waals surface area (Å²) in [5.41, 5.74) is -0.118. The lowest BCUT2D eigenvalue weighted by Gasteiger charge is -2.08. The van der Waals surface area contributed by atoms with Gasteiger partial charge in [0.1, 0.15) is 0 Å². The first-order chi connectivity index (χ1) is 7.68. The first-order valence-corrected chi connectivity index (χ1v) is 6.70. The molecule has 1 aromatic rings. The average Bonchev–Trinajstić information content (AvgIpc) is 2.97. The Hall–Kier alpha value is -0.750. The topological polar surface area (TPSA) is 62.7 Å². The van der Waals surface area contributed by atoms with Crippen molar-refractivity contribution in [2.24, 2.45) is 0 Å². The van der Waals surface area contributed by atoms with Crippen LogP contribution in [0.1, 0.15) is 32.7 Å². The van der Waals surface area contributed by atoms with E-state index in [9.17, 15) is 4.79 Å². The Morgan fingerprint density at radius 2 is 2.38 bits per heavy atom. The van der Waals surface area contributed by atoms with Crippen LogP contribution in [0.25, 0.3) is 0 Å². The number of thioether (sulfide) groups is 1. The largest absolute Gasteiger partial charge is 0.344 e. The van der Waals surface area contributed by atoms with Crippen LogP contribution < -0.4 is 11.0 Å². The summed E-state index contributed by atoms with van der Waals surface area (Å²) < 4.78 is 1.70. The molecule has 0 radical (unpaired) electrons. The minimum Gasteiger partial charge on any atom is -0.313 e. The molecule has 0 bridgehead atoms. The van der Waals surface area contributed by atoms with Crippen molar-refractivity contribution in [3.63, 3.8) is 0 Å². The Kier molecular flexibility index (Phi) is 3.70. The molecule has 5 nitrogen and oxygen atoms in total. The lowest BCUT2D eigenvalue weighted by Crippen LogP contribution is -2.21. The highest BCUT2D eigenvalue weighted by molar-refractivity contribution is 7.99. The molecule has 1 saturated carbocycles. The minimum absolute atomic E-state index is 0.118. The number of nitrogens with one attached hydrogen (secondary N) is 2. The average molecular weight is 242 g/mol. The summed E-state index contributed by atoms with van der Waals surface area (Å²) in [6.45, 7) is 4.96. The normalized spacial score (nSPS) is 15.9. The molecule has 16 heavy (non-hydrogen) atoms. The summed E-state index contributed by atoms with van der Waals surface area (Å²) in [7, 11) is 0. The van der Waals surface area contributed by atoms with Gasteiger partial charge in [-0.05, 0) is 26.7 Å². The molecule has 0 spiro atoms. The van der Waals surface area contributed by atoms with Crippen molar-refractivity contribution in [1.82, 2.24) is 20.1 Å². The van der Waals surface area contributed by atoms with E-state index in [0.717, 1.165) is 23.5 Å². The summed E-state index contributed by atoms with van der Waals surface area (Å²) in [6.07, 6.45) is 2.62. The van der Waals surface area contributed by atoms with E-state index in [1.54, 1.807) is 16.3 Å². The van der Waals surface area contributed by atoms with E-state index in [0.29, 0.717) is 0 Å². The molecule has 0 aliphatic heterocycles. The fourth-order valence-electron chi connectivity index (χ4n) is 1.54. The molecular formula is C10H18N4OS. The summed E-state index contributed by atoms with van der Waals surface area (Å²) in [4.78, 5) is 11.4. The van der Waals surface area contributed by atoms with E-state index < -0.39 is 0 Å². The molecule has 0 unspecified atom stereocenters. The molecule has 2 N–H and O–H groups in total. The standard InChI is InChI=1S/C10H18N4OS/c1-7(2)14-9(15)12-13-10(14)16-6-5-11-8-3-4-8/h7-8,11H,3-6H2,1-2H3,(H,12,15). The first kappa shape index (κ1) is 11.7. The summed E-state index contributed by atoms with van der Waals surface area (Å²) in [5, 5.41) is 10.8. The number of hydrogen-bond donors (Lipinski definition) is 2.